The van der Waals surface area contributed by atoms with E-state index in [2.05, 4.69) is 11.8 Å². The van der Waals surface area contributed by atoms with E-state index in [4.69, 9.17) is 10.5 Å². The molecule has 2 rings (SSSR count). The van der Waals surface area contributed by atoms with Gasteiger partial charge in [-0.1, -0.05) is 17.9 Å². The van der Waals surface area contributed by atoms with Gasteiger partial charge >= 0.3 is 0 Å². The third kappa shape index (κ3) is 4.26. The summed E-state index contributed by atoms with van der Waals surface area (Å²) < 4.78 is 44.6. The Morgan fingerprint density at radius 3 is 2.33 bits per heavy atom. The van der Waals surface area contributed by atoms with Crippen LogP contribution in [-0.4, -0.2) is 6.54 Å². The zero-order valence-corrected chi connectivity index (χ0v) is 11.0. The highest BCUT2D eigenvalue weighted by Crippen LogP contribution is 2.18. The van der Waals surface area contributed by atoms with E-state index >= 15 is 0 Å². The molecule has 2 N–H and O–H groups in total. The van der Waals surface area contributed by atoms with Gasteiger partial charge in [0.15, 0.2) is 0 Å². The second kappa shape index (κ2) is 6.82. The maximum atomic E-state index is 13.2. The van der Waals surface area contributed by atoms with Gasteiger partial charge in [0.25, 0.3) is 0 Å². The molecule has 0 spiro atoms. The molecule has 2 nitrogen and oxygen atoms in total. The molecule has 0 bridgehead atoms. The Balaban J connectivity index is 2.19. The van der Waals surface area contributed by atoms with Gasteiger partial charge < -0.3 is 10.5 Å². The van der Waals surface area contributed by atoms with E-state index < -0.39 is 17.5 Å². The van der Waals surface area contributed by atoms with Crippen LogP contribution in [0.15, 0.2) is 36.4 Å². The smallest absolute Gasteiger partial charge is 0.129 e. The lowest BCUT2D eigenvalue weighted by Gasteiger charge is -2.08. The average Bonchev–Trinajstić information content (AvgIpc) is 2.43. The fourth-order valence-electron chi connectivity index (χ4n) is 1.71. The summed E-state index contributed by atoms with van der Waals surface area (Å²) in [6, 6.07) is 6.91. The monoisotopic (exact) mass is 291 g/mol. The molecule has 0 fully saturated rings. The maximum absolute atomic E-state index is 13.2. The standard InChI is InChI=1S/C16H12F3NO/c17-13-4-3-12(11(6-13)2-1-5-20)10-21-16-8-14(18)7-15(19)9-16/h3-4,6-9H,5,10,20H2. The van der Waals surface area contributed by atoms with Gasteiger partial charge in [-0.25, -0.2) is 13.2 Å². The van der Waals surface area contributed by atoms with Gasteiger partial charge in [0, 0.05) is 29.3 Å². The molecule has 0 aliphatic heterocycles. The molecule has 0 saturated carbocycles. The predicted octanol–water partition coefficient (Wildman–Crippen LogP) is 2.99. The molecule has 0 radical (unpaired) electrons. The lowest BCUT2D eigenvalue weighted by Crippen LogP contribution is -2.00. The molecule has 108 valence electrons. The molecular formula is C16H12F3NO. The fourth-order valence-corrected chi connectivity index (χ4v) is 1.71. The number of halogens is 3. The van der Waals surface area contributed by atoms with Crippen LogP contribution >= 0.6 is 0 Å². The van der Waals surface area contributed by atoms with Crippen molar-refractivity contribution in [2.45, 2.75) is 6.61 Å². The summed E-state index contributed by atoms with van der Waals surface area (Å²) in [5.41, 5.74) is 6.31. The van der Waals surface area contributed by atoms with Crippen LogP contribution < -0.4 is 10.5 Å². The highest BCUT2D eigenvalue weighted by atomic mass is 19.1. The molecule has 0 unspecified atom stereocenters. The van der Waals surface area contributed by atoms with E-state index in [1.807, 2.05) is 0 Å². The van der Waals surface area contributed by atoms with Gasteiger partial charge in [-0.15, -0.1) is 0 Å². The Morgan fingerprint density at radius 1 is 0.952 bits per heavy atom. The quantitative estimate of drug-likeness (QED) is 0.882. The fraction of sp³-hybridized carbons (Fsp3) is 0.125. The van der Waals surface area contributed by atoms with Crippen molar-refractivity contribution in [1.29, 1.82) is 0 Å². The number of rotatable bonds is 3. The number of nitrogens with two attached hydrogens (primary N) is 1. The van der Waals surface area contributed by atoms with E-state index in [0.29, 0.717) is 11.1 Å². The Kier molecular flexibility index (Phi) is 4.85. The second-order valence-corrected chi connectivity index (χ2v) is 4.20. The SMILES string of the molecule is NCC#Cc1cc(F)ccc1COc1cc(F)cc(F)c1. The minimum atomic E-state index is -0.729. The molecule has 0 aromatic heterocycles. The van der Waals surface area contributed by atoms with Gasteiger partial charge in [-0.3, -0.25) is 0 Å². The van der Waals surface area contributed by atoms with E-state index in [9.17, 15) is 13.2 Å². The summed E-state index contributed by atoms with van der Waals surface area (Å²) in [6.07, 6.45) is 0. The van der Waals surface area contributed by atoms with Crippen molar-refractivity contribution in [2.24, 2.45) is 5.73 Å². The van der Waals surface area contributed by atoms with Crippen LogP contribution in [0.25, 0.3) is 0 Å². The lowest BCUT2D eigenvalue weighted by molar-refractivity contribution is 0.302. The maximum Gasteiger partial charge on any atom is 0.129 e. The van der Waals surface area contributed by atoms with E-state index in [1.165, 1.54) is 18.2 Å². The van der Waals surface area contributed by atoms with Gasteiger partial charge in [0.1, 0.15) is 29.8 Å². The average molecular weight is 291 g/mol. The van der Waals surface area contributed by atoms with Crippen LogP contribution in [0.2, 0.25) is 0 Å². The summed E-state index contributed by atoms with van der Waals surface area (Å²) in [7, 11) is 0. The highest BCUT2D eigenvalue weighted by molar-refractivity contribution is 5.42. The van der Waals surface area contributed by atoms with Crippen LogP contribution in [0, 0.1) is 29.3 Å². The van der Waals surface area contributed by atoms with Gasteiger partial charge in [0.05, 0.1) is 6.54 Å². The van der Waals surface area contributed by atoms with Gasteiger partial charge in [-0.05, 0) is 12.1 Å². The number of hydrogen-bond donors (Lipinski definition) is 1. The zero-order chi connectivity index (χ0) is 15.2. The Morgan fingerprint density at radius 2 is 1.67 bits per heavy atom. The molecule has 0 aliphatic rings. The minimum Gasteiger partial charge on any atom is -0.489 e. The summed E-state index contributed by atoms with van der Waals surface area (Å²) in [5, 5.41) is 0. The molecule has 5 heteroatoms. The number of ether oxygens (including phenoxy) is 1. The summed E-state index contributed by atoms with van der Waals surface area (Å²) >= 11 is 0. The molecule has 0 heterocycles. The first-order valence-corrected chi connectivity index (χ1v) is 6.15. The molecule has 0 amide bonds. The van der Waals surface area contributed by atoms with Crippen LogP contribution in [0.5, 0.6) is 5.75 Å². The summed E-state index contributed by atoms with van der Waals surface area (Å²) in [4.78, 5) is 0. The topological polar surface area (TPSA) is 35.2 Å². The largest absolute Gasteiger partial charge is 0.489 e. The van der Waals surface area contributed by atoms with Crippen LogP contribution in [0.4, 0.5) is 13.2 Å². The van der Waals surface area contributed by atoms with Crippen molar-refractivity contribution in [3.63, 3.8) is 0 Å². The van der Waals surface area contributed by atoms with Crippen molar-refractivity contribution in [3.8, 4) is 17.6 Å². The highest BCUT2D eigenvalue weighted by Gasteiger charge is 2.05. The lowest BCUT2D eigenvalue weighted by atomic mass is 10.1. The normalized spacial score (nSPS) is 9.90. The molecule has 0 aliphatic carbocycles. The first-order valence-electron chi connectivity index (χ1n) is 6.15. The number of hydrogen-bond acceptors (Lipinski definition) is 2. The Bertz CT molecular complexity index is 684. The van der Waals surface area contributed by atoms with E-state index in [-0.39, 0.29) is 18.9 Å². The van der Waals surface area contributed by atoms with Crippen LogP contribution in [0.1, 0.15) is 11.1 Å². The Hall–Kier alpha value is -2.45. The Labute approximate surface area is 120 Å². The van der Waals surface area contributed by atoms with Crippen molar-refractivity contribution >= 4 is 0 Å². The minimum absolute atomic E-state index is 0.0117. The zero-order valence-electron chi connectivity index (χ0n) is 11.0. The predicted molar refractivity (Wildman–Crippen MR) is 73.0 cm³/mol. The first-order chi connectivity index (χ1) is 10.1. The molecule has 21 heavy (non-hydrogen) atoms. The van der Waals surface area contributed by atoms with E-state index in [0.717, 1.165) is 18.2 Å². The summed E-state index contributed by atoms with van der Waals surface area (Å²) in [5.74, 6) is 3.51. The third-order valence-electron chi connectivity index (χ3n) is 2.63. The number of benzene rings is 2. The van der Waals surface area contributed by atoms with Gasteiger partial charge in [0.2, 0.25) is 0 Å². The second-order valence-electron chi connectivity index (χ2n) is 4.20. The van der Waals surface area contributed by atoms with E-state index in [1.54, 1.807) is 0 Å². The first kappa shape index (κ1) is 14.9. The molecule has 0 atom stereocenters. The van der Waals surface area contributed by atoms with Crippen LogP contribution in [0.3, 0.4) is 0 Å². The van der Waals surface area contributed by atoms with Crippen molar-refractivity contribution < 1.29 is 17.9 Å². The molecule has 2 aromatic rings. The molecule has 2 aromatic carbocycles. The molecule has 0 saturated heterocycles. The van der Waals surface area contributed by atoms with Crippen molar-refractivity contribution in [1.82, 2.24) is 0 Å². The van der Waals surface area contributed by atoms with Crippen molar-refractivity contribution in [3.05, 3.63) is 65.0 Å². The van der Waals surface area contributed by atoms with Crippen LogP contribution in [-0.2, 0) is 6.61 Å². The summed E-state index contributed by atoms with van der Waals surface area (Å²) in [6.45, 7) is 0.156. The van der Waals surface area contributed by atoms with Crippen molar-refractivity contribution in [2.75, 3.05) is 6.54 Å². The third-order valence-corrected chi connectivity index (χ3v) is 2.63. The molecular weight excluding hydrogens is 279 g/mol. The van der Waals surface area contributed by atoms with Gasteiger partial charge in [-0.2, -0.15) is 0 Å².